The second-order valence-corrected chi connectivity index (χ2v) is 12.7. The topological polar surface area (TPSA) is 60.9 Å². The maximum Gasteiger partial charge on any atom is 0.259 e. The molecule has 2 heterocycles. The minimum Gasteiger partial charge on any atom is -0.367 e. The van der Waals surface area contributed by atoms with E-state index in [4.69, 9.17) is 0 Å². The van der Waals surface area contributed by atoms with Crippen LogP contribution in [-0.2, 0) is 21.5 Å². The average Bonchev–Trinajstić information content (AvgIpc) is 3.80. The van der Waals surface area contributed by atoms with E-state index in [-0.39, 0.29) is 35.3 Å². The summed E-state index contributed by atoms with van der Waals surface area (Å²) < 4.78 is 14.3. The third-order valence-electron chi connectivity index (χ3n) is 10.3. The van der Waals surface area contributed by atoms with E-state index < -0.39 is 6.04 Å². The molecule has 2 saturated carbocycles. The summed E-state index contributed by atoms with van der Waals surface area (Å²) in [6.45, 7) is 3.46. The molecule has 0 bridgehead atoms. The number of carbonyl (C=O) groups excluding carboxylic acids is 3. The van der Waals surface area contributed by atoms with Crippen molar-refractivity contribution in [1.29, 1.82) is 0 Å². The molecule has 44 heavy (non-hydrogen) atoms. The van der Waals surface area contributed by atoms with Crippen LogP contribution in [0, 0.1) is 5.82 Å². The molecular formula is C37H34FN3O3. The summed E-state index contributed by atoms with van der Waals surface area (Å²) in [7, 11) is 0. The third-order valence-corrected chi connectivity index (χ3v) is 10.3. The fraction of sp³-hybridized carbons (Fsp3) is 0.324. The Bertz CT molecular complexity index is 1820. The molecule has 2 aliphatic heterocycles. The number of hydrogen-bond acceptors (Lipinski definition) is 5. The highest BCUT2D eigenvalue weighted by Gasteiger charge is 2.50. The van der Waals surface area contributed by atoms with Crippen molar-refractivity contribution in [2.75, 3.05) is 36.0 Å². The molecule has 222 valence electrons. The Hall–Kier alpha value is -4.36. The van der Waals surface area contributed by atoms with Gasteiger partial charge in [-0.15, -0.1) is 0 Å². The van der Waals surface area contributed by atoms with Crippen LogP contribution in [0.1, 0.15) is 59.2 Å². The van der Waals surface area contributed by atoms with Crippen molar-refractivity contribution >= 4 is 39.6 Å². The summed E-state index contributed by atoms with van der Waals surface area (Å²) in [6, 6.07) is 25.3. The number of anilines is 2. The van der Waals surface area contributed by atoms with E-state index in [0.29, 0.717) is 24.1 Å². The van der Waals surface area contributed by atoms with Crippen molar-refractivity contribution in [2.24, 2.45) is 0 Å². The molecule has 0 spiro atoms. The highest BCUT2D eigenvalue weighted by atomic mass is 19.1. The number of carbonyl (C=O) groups is 3. The van der Waals surface area contributed by atoms with Gasteiger partial charge in [0.15, 0.2) is 5.78 Å². The van der Waals surface area contributed by atoms with E-state index in [1.54, 1.807) is 11.0 Å². The molecule has 0 N–H and O–H groups in total. The quantitative estimate of drug-likeness (QED) is 0.258. The lowest BCUT2D eigenvalue weighted by Gasteiger charge is -2.41. The normalized spacial score (nSPS) is 21.4. The van der Waals surface area contributed by atoms with Crippen molar-refractivity contribution in [3.05, 3.63) is 107 Å². The summed E-state index contributed by atoms with van der Waals surface area (Å²) in [5, 5.41) is 1.94. The van der Waals surface area contributed by atoms with Gasteiger partial charge < -0.3 is 4.90 Å². The molecule has 7 heteroatoms. The first kappa shape index (κ1) is 27.2. The fourth-order valence-corrected chi connectivity index (χ4v) is 7.80. The van der Waals surface area contributed by atoms with Crippen LogP contribution in [0.15, 0.2) is 78.9 Å². The van der Waals surface area contributed by atoms with Gasteiger partial charge in [-0.05, 0) is 72.0 Å². The summed E-state index contributed by atoms with van der Waals surface area (Å²) in [5.41, 5.74) is 5.87. The molecule has 4 aromatic rings. The van der Waals surface area contributed by atoms with E-state index >= 15 is 0 Å². The van der Waals surface area contributed by atoms with Crippen LogP contribution in [-0.4, -0.2) is 54.6 Å². The van der Waals surface area contributed by atoms with Crippen molar-refractivity contribution in [3.8, 4) is 0 Å². The largest absolute Gasteiger partial charge is 0.367 e. The zero-order chi connectivity index (χ0) is 30.0. The first-order valence-corrected chi connectivity index (χ1v) is 15.7. The molecule has 0 aromatic heterocycles. The van der Waals surface area contributed by atoms with Crippen LogP contribution in [0.3, 0.4) is 0 Å². The smallest absolute Gasteiger partial charge is 0.259 e. The molecule has 1 saturated heterocycles. The first-order valence-electron chi connectivity index (χ1n) is 15.7. The maximum atomic E-state index is 14.3. The maximum absolute atomic E-state index is 14.3. The molecule has 4 aliphatic rings. The van der Waals surface area contributed by atoms with E-state index in [1.165, 1.54) is 17.2 Å². The van der Waals surface area contributed by atoms with Crippen LogP contribution >= 0.6 is 0 Å². The first-order chi connectivity index (χ1) is 21.4. The Labute approximate surface area is 256 Å². The Morgan fingerprint density at radius 2 is 1.57 bits per heavy atom. The molecule has 0 radical (unpaired) electrons. The molecule has 6 nitrogen and oxygen atoms in total. The number of para-hydroxylation sites is 1. The summed E-state index contributed by atoms with van der Waals surface area (Å²) in [6.07, 6.45) is 3.65. The number of ketones is 2. The van der Waals surface area contributed by atoms with Crippen molar-refractivity contribution < 1.29 is 18.8 Å². The van der Waals surface area contributed by atoms with Gasteiger partial charge in [-0.1, -0.05) is 54.6 Å². The molecule has 1 amide bonds. The van der Waals surface area contributed by atoms with Gasteiger partial charge in [-0.25, -0.2) is 4.39 Å². The number of halogens is 1. The Morgan fingerprint density at radius 3 is 2.30 bits per heavy atom. The number of nitrogens with zero attached hydrogens (tertiary/aromatic N) is 3. The number of piperazine rings is 1. The SMILES string of the molecule is O=C1CCC(N2C(=O)c3cccc4c(Cc5ccc(C6(N7CCN(c8ccccc8F)CC7)CC6)cc5)ccc2c34)C(=O)C1. The van der Waals surface area contributed by atoms with Gasteiger partial charge in [0.1, 0.15) is 11.6 Å². The van der Waals surface area contributed by atoms with Crippen LogP contribution in [0.2, 0.25) is 0 Å². The highest BCUT2D eigenvalue weighted by molar-refractivity contribution is 6.27. The van der Waals surface area contributed by atoms with E-state index in [1.807, 2.05) is 30.3 Å². The Morgan fingerprint density at radius 1 is 0.795 bits per heavy atom. The Balaban J connectivity index is 1.00. The third kappa shape index (κ3) is 4.36. The standard InChI is InChI=1S/C37H34FN3O3/c38-30-6-1-2-7-31(30)39-18-20-40(21-19-39)37(16-17-37)26-11-8-24(9-12-26)22-25-10-14-33-35-28(25)4-3-5-29(35)36(44)41(33)32-15-13-27(42)23-34(32)43/h1-12,14,32H,13,15-23H2. The lowest BCUT2D eigenvalue weighted by molar-refractivity contribution is -0.130. The van der Waals surface area contributed by atoms with E-state index in [2.05, 4.69) is 46.2 Å². The molecular weight excluding hydrogens is 553 g/mol. The van der Waals surface area contributed by atoms with Gasteiger partial charge >= 0.3 is 0 Å². The van der Waals surface area contributed by atoms with Gasteiger partial charge in [-0.3, -0.25) is 24.2 Å². The number of rotatable bonds is 6. The van der Waals surface area contributed by atoms with Crippen molar-refractivity contribution in [2.45, 2.75) is 50.1 Å². The van der Waals surface area contributed by atoms with Gasteiger partial charge in [0.05, 0.1) is 23.8 Å². The van der Waals surface area contributed by atoms with Crippen LogP contribution in [0.25, 0.3) is 10.8 Å². The van der Waals surface area contributed by atoms with Crippen LogP contribution < -0.4 is 9.80 Å². The van der Waals surface area contributed by atoms with Crippen LogP contribution in [0.5, 0.6) is 0 Å². The molecule has 2 aliphatic carbocycles. The molecule has 1 atom stereocenters. The zero-order valence-electron chi connectivity index (χ0n) is 24.6. The summed E-state index contributed by atoms with van der Waals surface area (Å²) in [5.74, 6) is -0.514. The van der Waals surface area contributed by atoms with Gasteiger partial charge in [0.25, 0.3) is 5.91 Å². The van der Waals surface area contributed by atoms with Gasteiger partial charge in [0, 0.05) is 49.1 Å². The van der Waals surface area contributed by atoms with Crippen LogP contribution in [0.4, 0.5) is 15.8 Å². The molecule has 8 rings (SSSR count). The second-order valence-electron chi connectivity index (χ2n) is 12.7. The predicted molar refractivity (Wildman–Crippen MR) is 169 cm³/mol. The second kappa shape index (κ2) is 10.4. The van der Waals surface area contributed by atoms with E-state index in [0.717, 1.165) is 67.5 Å². The van der Waals surface area contributed by atoms with E-state index in [9.17, 15) is 18.8 Å². The molecule has 3 fully saturated rings. The molecule has 1 unspecified atom stereocenters. The minimum absolute atomic E-state index is 0.0446. The average molecular weight is 588 g/mol. The van der Waals surface area contributed by atoms with Crippen molar-refractivity contribution in [1.82, 2.24) is 4.90 Å². The lowest BCUT2D eigenvalue weighted by Crippen LogP contribution is -2.50. The molecule has 4 aromatic carbocycles. The lowest BCUT2D eigenvalue weighted by atomic mass is 9.91. The number of benzene rings is 4. The fourth-order valence-electron chi connectivity index (χ4n) is 7.80. The van der Waals surface area contributed by atoms with Gasteiger partial charge in [0.2, 0.25) is 0 Å². The zero-order valence-corrected chi connectivity index (χ0v) is 24.6. The van der Waals surface area contributed by atoms with Crippen molar-refractivity contribution in [3.63, 3.8) is 0 Å². The predicted octanol–water partition coefficient (Wildman–Crippen LogP) is 6.03. The summed E-state index contributed by atoms with van der Waals surface area (Å²) >= 11 is 0. The minimum atomic E-state index is -0.577. The number of Topliss-reactive ketones (excluding diaryl/α,β-unsaturated/α-hetero) is 2. The summed E-state index contributed by atoms with van der Waals surface area (Å²) in [4.78, 5) is 44.5. The highest BCUT2D eigenvalue weighted by Crippen LogP contribution is 2.51. The number of amides is 1. The monoisotopic (exact) mass is 587 g/mol. The number of hydrogen-bond donors (Lipinski definition) is 0. The van der Waals surface area contributed by atoms with Gasteiger partial charge in [-0.2, -0.15) is 0 Å². The Kier molecular flexibility index (Phi) is 6.42.